The number of halogens is 2. The van der Waals surface area contributed by atoms with Crippen LogP contribution in [-0.2, 0) is 0 Å². The summed E-state index contributed by atoms with van der Waals surface area (Å²) >= 11 is 5.99. The van der Waals surface area contributed by atoms with Crippen LogP contribution in [0.2, 0.25) is 5.02 Å². The van der Waals surface area contributed by atoms with Gasteiger partial charge in [-0.1, -0.05) is 11.6 Å². The zero-order valence-corrected chi connectivity index (χ0v) is 9.02. The SMILES string of the molecule is Oc1c(F)ccc(Cl)c1C1CCNCC1. The van der Waals surface area contributed by atoms with Crippen molar-refractivity contribution in [3.05, 3.63) is 28.5 Å². The second-order valence-electron chi connectivity index (χ2n) is 3.82. The molecule has 1 saturated heterocycles. The molecule has 1 aromatic rings. The van der Waals surface area contributed by atoms with E-state index in [1.807, 2.05) is 0 Å². The zero-order valence-electron chi connectivity index (χ0n) is 8.26. The largest absolute Gasteiger partial charge is 0.505 e. The quantitative estimate of drug-likeness (QED) is 0.776. The molecule has 15 heavy (non-hydrogen) atoms. The van der Waals surface area contributed by atoms with Gasteiger partial charge < -0.3 is 10.4 Å². The highest BCUT2D eigenvalue weighted by atomic mass is 35.5. The van der Waals surface area contributed by atoms with Crippen LogP contribution in [0.25, 0.3) is 0 Å². The molecule has 82 valence electrons. The predicted octanol–water partition coefficient (Wildman–Crippen LogP) is 2.65. The predicted molar refractivity (Wildman–Crippen MR) is 57.9 cm³/mol. The van der Waals surface area contributed by atoms with Crippen LogP contribution >= 0.6 is 11.6 Å². The Kier molecular flexibility index (Phi) is 3.12. The molecule has 1 aliphatic rings. The first kappa shape index (κ1) is 10.7. The summed E-state index contributed by atoms with van der Waals surface area (Å²) in [5.41, 5.74) is 0.568. The molecule has 0 amide bonds. The molecule has 2 nitrogen and oxygen atoms in total. The fourth-order valence-corrected chi connectivity index (χ4v) is 2.36. The number of hydrogen-bond acceptors (Lipinski definition) is 2. The first-order valence-electron chi connectivity index (χ1n) is 5.07. The van der Waals surface area contributed by atoms with E-state index >= 15 is 0 Å². The molecule has 0 aromatic heterocycles. The molecule has 2 rings (SSSR count). The molecule has 1 heterocycles. The van der Waals surface area contributed by atoms with Gasteiger partial charge in [0.05, 0.1) is 0 Å². The number of aromatic hydroxyl groups is 1. The lowest BCUT2D eigenvalue weighted by molar-refractivity contribution is 0.400. The van der Waals surface area contributed by atoms with Crippen molar-refractivity contribution in [2.24, 2.45) is 0 Å². The minimum Gasteiger partial charge on any atom is -0.505 e. The van der Waals surface area contributed by atoms with Crippen molar-refractivity contribution in [1.29, 1.82) is 0 Å². The number of piperidine rings is 1. The van der Waals surface area contributed by atoms with Gasteiger partial charge in [0.2, 0.25) is 0 Å². The van der Waals surface area contributed by atoms with E-state index in [1.54, 1.807) is 0 Å². The zero-order chi connectivity index (χ0) is 10.8. The highest BCUT2D eigenvalue weighted by Gasteiger charge is 2.22. The van der Waals surface area contributed by atoms with Crippen molar-refractivity contribution in [3.8, 4) is 5.75 Å². The van der Waals surface area contributed by atoms with Crippen LogP contribution in [-0.4, -0.2) is 18.2 Å². The molecule has 0 aliphatic carbocycles. The van der Waals surface area contributed by atoms with Gasteiger partial charge in [0.1, 0.15) is 0 Å². The molecular weight excluding hydrogens is 217 g/mol. The van der Waals surface area contributed by atoms with Gasteiger partial charge >= 0.3 is 0 Å². The first-order chi connectivity index (χ1) is 7.20. The lowest BCUT2D eigenvalue weighted by Crippen LogP contribution is -2.26. The van der Waals surface area contributed by atoms with Gasteiger partial charge in [-0.25, -0.2) is 4.39 Å². The van der Waals surface area contributed by atoms with Crippen molar-refractivity contribution in [2.45, 2.75) is 18.8 Å². The third-order valence-corrected chi connectivity index (χ3v) is 3.19. The minimum absolute atomic E-state index is 0.162. The van der Waals surface area contributed by atoms with Crippen molar-refractivity contribution < 1.29 is 9.50 Å². The van der Waals surface area contributed by atoms with E-state index in [1.165, 1.54) is 12.1 Å². The molecule has 0 unspecified atom stereocenters. The lowest BCUT2D eigenvalue weighted by atomic mass is 9.89. The van der Waals surface area contributed by atoms with Crippen LogP contribution in [0.1, 0.15) is 24.3 Å². The Morgan fingerprint density at radius 2 is 2.00 bits per heavy atom. The van der Waals surface area contributed by atoms with Crippen molar-refractivity contribution in [1.82, 2.24) is 5.32 Å². The van der Waals surface area contributed by atoms with E-state index in [-0.39, 0.29) is 11.7 Å². The van der Waals surface area contributed by atoms with Crippen LogP contribution < -0.4 is 5.32 Å². The molecule has 0 saturated carbocycles. The van der Waals surface area contributed by atoms with Gasteiger partial charge in [0.15, 0.2) is 11.6 Å². The number of rotatable bonds is 1. The summed E-state index contributed by atoms with van der Waals surface area (Å²) < 4.78 is 13.2. The number of phenols is 1. The molecule has 2 N–H and O–H groups in total. The number of benzene rings is 1. The van der Waals surface area contributed by atoms with E-state index in [2.05, 4.69) is 5.32 Å². The second-order valence-corrected chi connectivity index (χ2v) is 4.22. The summed E-state index contributed by atoms with van der Waals surface area (Å²) in [5, 5.41) is 13.3. The minimum atomic E-state index is -0.590. The molecule has 0 bridgehead atoms. The maximum Gasteiger partial charge on any atom is 0.165 e. The average Bonchev–Trinajstić information content (AvgIpc) is 2.26. The second kappa shape index (κ2) is 4.37. The monoisotopic (exact) mass is 229 g/mol. The van der Waals surface area contributed by atoms with E-state index in [9.17, 15) is 9.50 Å². The third kappa shape index (κ3) is 2.08. The Morgan fingerprint density at radius 3 is 2.67 bits per heavy atom. The van der Waals surface area contributed by atoms with Crippen LogP contribution in [0.3, 0.4) is 0 Å². The molecule has 4 heteroatoms. The highest BCUT2D eigenvalue weighted by Crippen LogP contribution is 2.38. The van der Waals surface area contributed by atoms with Gasteiger partial charge in [-0.2, -0.15) is 0 Å². The summed E-state index contributed by atoms with van der Waals surface area (Å²) in [6, 6.07) is 2.70. The Labute approximate surface area is 93.1 Å². The maximum atomic E-state index is 13.2. The fourth-order valence-electron chi connectivity index (χ4n) is 2.06. The topological polar surface area (TPSA) is 32.3 Å². The van der Waals surface area contributed by atoms with E-state index in [0.717, 1.165) is 25.9 Å². The van der Waals surface area contributed by atoms with Crippen molar-refractivity contribution in [2.75, 3.05) is 13.1 Å². The van der Waals surface area contributed by atoms with Gasteiger partial charge in [-0.05, 0) is 44.0 Å². The molecule has 0 atom stereocenters. The summed E-state index contributed by atoms with van der Waals surface area (Å²) in [4.78, 5) is 0. The van der Waals surface area contributed by atoms with Gasteiger partial charge in [0, 0.05) is 10.6 Å². The molecule has 0 radical (unpaired) electrons. The van der Waals surface area contributed by atoms with Crippen LogP contribution in [0.5, 0.6) is 5.75 Å². The van der Waals surface area contributed by atoms with Crippen LogP contribution in [0.15, 0.2) is 12.1 Å². The van der Waals surface area contributed by atoms with E-state index in [4.69, 9.17) is 11.6 Å². The molecular formula is C11H13ClFNO. The number of nitrogens with one attached hydrogen (secondary N) is 1. The summed E-state index contributed by atoms with van der Waals surface area (Å²) in [7, 11) is 0. The van der Waals surface area contributed by atoms with Gasteiger partial charge in [-0.15, -0.1) is 0 Å². The van der Waals surface area contributed by atoms with E-state index < -0.39 is 5.82 Å². The summed E-state index contributed by atoms with van der Waals surface area (Å²) in [6.07, 6.45) is 1.77. The molecule has 1 fully saturated rings. The van der Waals surface area contributed by atoms with Gasteiger partial charge in [0.25, 0.3) is 0 Å². The average molecular weight is 230 g/mol. The first-order valence-corrected chi connectivity index (χ1v) is 5.45. The Balaban J connectivity index is 2.36. The molecule has 0 spiro atoms. The lowest BCUT2D eigenvalue weighted by Gasteiger charge is -2.24. The van der Waals surface area contributed by atoms with Crippen molar-refractivity contribution >= 4 is 11.6 Å². The Hall–Kier alpha value is -0.800. The smallest absolute Gasteiger partial charge is 0.165 e. The molecule has 1 aliphatic heterocycles. The molecule has 1 aromatic carbocycles. The Morgan fingerprint density at radius 1 is 1.33 bits per heavy atom. The van der Waals surface area contributed by atoms with E-state index in [0.29, 0.717) is 10.6 Å². The number of hydrogen-bond donors (Lipinski definition) is 2. The normalized spacial score (nSPS) is 18.0. The fraction of sp³-hybridized carbons (Fsp3) is 0.455. The van der Waals surface area contributed by atoms with Gasteiger partial charge in [-0.3, -0.25) is 0 Å². The number of phenolic OH excluding ortho intramolecular Hbond substituents is 1. The highest BCUT2D eigenvalue weighted by molar-refractivity contribution is 6.31. The third-order valence-electron chi connectivity index (χ3n) is 2.86. The summed E-state index contributed by atoms with van der Waals surface area (Å²) in [5.74, 6) is -0.711. The Bertz CT molecular complexity index is 364. The van der Waals surface area contributed by atoms with Crippen LogP contribution in [0.4, 0.5) is 4.39 Å². The standard InChI is InChI=1S/C11H13ClFNO/c12-8-1-2-9(13)11(15)10(8)7-3-5-14-6-4-7/h1-2,7,14-15H,3-6H2. The van der Waals surface area contributed by atoms with Crippen LogP contribution in [0, 0.1) is 5.82 Å². The van der Waals surface area contributed by atoms with Crippen molar-refractivity contribution in [3.63, 3.8) is 0 Å². The maximum absolute atomic E-state index is 13.2. The summed E-state index contributed by atoms with van der Waals surface area (Å²) in [6.45, 7) is 1.77.